The van der Waals surface area contributed by atoms with Gasteiger partial charge in [-0.3, -0.25) is 9.59 Å². The van der Waals surface area contributed by atoms with Crippen molar-refractivity contribution in [1.82, 2.24) is 5.32 Å². The molecule has 1 aliphatic heterocycles. The summed E-state index contributed by atoms with van der Waals surface area (Å²) in [5, 5.41) is 3.48. The molecule has 1 atom stereocenters. The molecule has 1 heterocycles. The number of nitrogens with one attached hydrogen (secondary N) is 1. The third kappa shape index (κ3) is 3.77. The molecule has 0 bridgehead atoms. The molecule has 1 unspecified atom stereocenters. The van der Waals surface area contributed by atoms with E-state index in [4.69, 9.17) is 11.6 Å². The number of rotatable bonds is 4. The summed E-state index contributed by atoms with van der Waals surface area (Å²) >= 11 is 5.84. The van der Waals surface area contributed by atoms with Crippen LogP contribution in [0.1, 0.15) is 17.5 Å². The van der Waals surface area contributed by atoms with E-state index in [1.807, 2.05) is 43.3 Å². The van der Waals surface area contributed by atoms with Crippen molar-refractivity contribution >= 4 is 29.1 Å². The third-order valence-corrected chi connectivity index (χ3v) is 4.42. The molecule has 24 heavy (non-hydrogen) atoms. The summed E-state index contributed by atoms with van der Waals surface area (Å²) in [5.74, 6) is -0.204. The zero-order chi connectivity index (χ0) is 17.1. The molecule has 0 spiro atoms. The van der Waals surface area contributed by atoms with E-state index in [1.54, 1.807) is 17.0 Å². The van der Waals surface area contributed by atoms with Crippen molar-refractivity contribution in [1.29, 1.82) is 0 Å². The minimum Gasteiger partial charge on any atom is -0.344 e. The summed E-state index contributed by atoms with van der Waals surface area (Å²) in [7, 11) is 0. The molecule has 1 aliphatic rings. The van der Waals surface area contributed by atoms with Crippen molar-refractivity contribution < 1.29 is 9.59 Å². The SMILES string of the molecule is Cc1ccc(N2CCC(NC(=O)Cc3ccc(Cl)cc3)C2=O)cc1. The molecule has 3 rings (SSSR count). The van der Waals surface area contributed by atoms with E-state index < -0.39 is 6.04 Å². The van der Waals surface area contributed by atoms with Crippen molar-refractivity contribution in [2.24, 2.45) is 0 Å². The van der Waals surface area contributed by atoms with Gasteiger partial charge in [-0.2, -0.15) is 0 Å². The Morgan fingerprint density at radius 3 is 2.50 bits per heavy atom. The van der Waals surface area contributed by atoms with Crippen LogP contribution in [0.25, 0.3) is 0 Å². The van der Waals surface area contributed by atoms with Crippen LogP contribution in [-0.4, -0.2) is 24.4 Å². The minimum absolute atomic E-state index is 0.0525. The van der Waals surface area contributed by atoms with Gasteiger partial charge in [-0.05, 0) is 43.2 Å². The highest BCUT2D eigenvalue weighted by Crippen LogP contribution is 2.22. The number of halogens is 1. The fourth-order valence-electron chi connectivity index (χ4n) is 2.83. The first kappa shape index (κ1) is 16.5. The van der Waals surface area contributed by atoms with Gasteiger partial charge in [0.2, 0.25) is 11.8 Å². The molecule has 1 fully saturated rings. The van der Waals surface area contributed by atoms with Gasteiger partial charge in [0.25, 0.3) is 0 Å². The number of amides is 2. The normalized spacial score (nSPS) is 17.2. The van der Waals surface area contributed by atoms with Gasteiger partial charge < -0.3 is 10.2 Å². The minimum atomic E-state index is -0.453. The second-order valence-electron chi connectivity index (χ2n) is 6.04. The zero-order valence-electron chi connectivity index (χ0n) is 13.5. The van der Waals surface area contributed by atoms with Crippen LogP contribution >= 0.6 is 11.6 Å². The van der Waals surface area contributed by atoms with Gasteiger partial charge in [0, 0.05) is 17.3 Å². The summed E-state index contributed by atoms with van der Waals surface area (Å²) in [4.78, 5) is 26.4. The molecule has 5 heteroatoms. The maximum atomic E-state index is 12.5. The smallest absolute Gasteiger partial charge is 0.249 e. The van der Waals surface area contributed by atoms with Crippen LogP contribution in [0.3, 0.4) is 0 Å². The fourth-order valence-corrected chi connectivity index (χ4v) is 2.95. The van der Waals surface area contributed by atoms with Gasteiger partial charge in [-0.15, -0.1) is 0 Å². The van der Waals surface area contributed by atoms with Crippen LogP contribution < -0.4 is 10.2 Å². The Balaban J connectivity index is 1.60. The van der Waals surface area contributed by atoms with Gasteiger partial charge in [0.15, 0.2) is 0 Å². The number of aryl methyl sites for hydroxylation is 1. The molecule has 2 amide bonds. The molecule has 1 N–H and O–H groups in total. The van der Waals surface area contributed by atoms with E-state index in [9.17, 15) is 9.59 Å². The predicted octanol–water partition coefficient (Wildman–Crippen LogP) is 3.11. The maximum absolute atomic E-state index is 12.5. The van der Waals surface area contributed by atoms with E-state index >= 15 is 0 Å². The summed E-state index contributed by atoms with van der Waals surface area (Å²) < 4.78 is 0. The van der Waals surface area contributed by atoms with E-state index in [2.05, 4.69) is 5.32 Å². The molecule has 1 saturated heterocycles. The molecule has 2 aromatic carbocycles. The van der Waals surface area contributed by atoms with Crippen molar-refractivity contribution in [2.45, 2.75) is 25.8 Å². The number of carbonyl (C=O) groups excluding carboxylic acids is 2. The molecular weight excluding hydrogens is 324 g/mol. The largest absolute Gasteiger partial charge is 0.344 e. The zero-order valence-corrected chi connectivity index (χ0v) is 14.2. The highest BCUT2D eigenvalue weighted by atomic mass is 35.5. The molecule has 0 aliphatic carbocycles. The Bertz CT molecular complexity index is 741. The van der Waals surface area contributed by atoms with Crippen LogP contribution in [0.15, 0.2) is 48.5 Å². The monoisotopic (exact) mass is 342 g/mol. The lowest BCUT2D eigenvalue weighted by atomic mass is 10.1. The lowest BCUT2D eigenvalue weighted by Crippen LogP contribution is -2.42. The molecule has 2 aromatic rings. The van der Waals surface area contributed by atoms with E-state index in [1.165, 1.54) is 0 Å². The fraction of sp³-hybridized carbons (Fsp3) is 0.263. The van der Waals surface area contributed by atoms with Gasteiger partial charge in [0.1, 0.15) is 6.04 Å². The quantitative estimate of drug-likeness (QED) is 0.928. The van der Waals surface area contributed by atoms with Crippen molar-refractivity contribution in [3.63, 3.8) is 0 Å². The summed E-state index contributed by atoms with van der Waals surface area (Å²) in [6.45, 7) is 2.63. The van der Waals surface area contributed by atoms with Crippen LogP contribution in [0.2, 0.25) is 5.02 Å². The number of nitrogens with zero attached hydrogens (tertiary/aromatic N) is 1. The average molecular weight is 343 g/mol. The summed E-state index contributed by atoms with van der Waals surface area (Å²) in [5.41, 5.74) is 2.90. The standard InChI is InChI=1S/C19H19ClN2O2/c1-13-2-8-16(9-3-13)22-11-10-17(19(22)24)21-18(23)12-14-4-6-15(20)7-5-14/h2-9,17H,10-12H2,1H3,(H,21,23). The first-order chi connectivity index (χ1) is 11.5. The van der Waals surface area contributed by atoms with Crippen LogP contribution in [-0.2, 0) is 16.0 Å². The van der Waals surface area contributed by atoms with Gasteiger partial charge in [-0.25, -0.2) is 0 Å². The first-order valence-corrected chi connectivity index (χ1v) is 8.32. The number of hydrogen-bond donors (Lipinski definition) is 1. The highest BCUT2D eigenvalue weighted by Gasteiger charge is 2.33. The van der Waals surface area contributed by atoms with Crippen LogP contribution in [0, 0.1) is 6.92 Å². The number of benzene rings is 2. The lowest BCUT2D eigenvalue weighted by Gasteiger charge is -2.17. The number of anilines is 1. The Morgan fingerprint density at radius 2 is 1.83 bits per heavy atom. The number of hydrogen-bond acceptors (Lipinski definition) is 2. The average Bonchev–Trinajstić information content (AvgIpc) is 2.91. The summed E-state index contributed by atoms with van der Waals surface area (Å²) in [6, 6.07) is 14.5. The molecule has 0 radical (unpaired) electrons. The Labute approximate surface area is 146 Å². The molecule has 0 saturated carbocycles. The third-order valence-electron chi connectivity index (χ3n) is 4.16. The second kappa shape index (κ2) is 7.05. The maximum Gasteiger partial charge on any atom is 0.249 e. The molecule has 4 nitrogen and oxygen atoms in total. The second-order valence-corrected chi connectivity index (χ2v) is 6.47. The highest BCUT2D eigenvalue weighted by molar-refractivity contribution is 6.30. The van der Waals surface area contributed by atoms with E-state index in [0.717, 1.165) is 16.8 Å². The Morgan fingerprint density at radius 1 is 1.17 bits per heavy atom. The molecular formula is C19H19ClN2O2. The van der Waals surface area contributed by atoms with E-state index in [-0.39, 0.29) is 18.2 Å². The lowest BCUT2D eigenvalue weighted by molar-refractivity contribution is -0.126. The van der Waals surface area contributed by atoms with E-state index in [0.29, 0.717) is 18.0 Å². The van der Waals surface area contributed by atoms with Crippen molar-refractivity contribution in [3.05, 3.63) is 64.7 Å². The van der Waals surface area contributed by atoms with Gasteiger partial charge in [-0.1, -0.05) is 41.4 Å². The predicted molar refractivity (Wildman–Crippen MR) is 95.2 cm³/mol. The molecule has 124 valence electrons. The summed E-state index contributed by atoms with van der Waals surface area (Å²) in [6.07, 6.45) is 0.866. The van der Waals surface area contributed by atoms with Crippen LogP contribution in [0.4, 0.5) is 5.69 Å². The topological polar surface area (TPSA) is 49.4 Å². The number of carbonyl (C=O) groups is 2. The Kier molecular flexibility index (Phi) is 4.86. The van der Waals surface area contributed by atoms with Crippen molar-refractivity contribution in [3.8, 4) is 0 Å². The van der Waals surface area contributed by atoms with Gasteiger partial charge >= 0.3 is 0 Å². The first-order valence-electron chi connectivity index (χ1n) is 7.95. The molecule has 0 aromatic heterocycles. The van der Waals surface area contributed by atoms with Crippen LogP contribution in [0.5, 0.6) is 0 Å². The van der Waals surface area contributed by atoms with Gasteiger partial charge in [0.05, 0.1) is 6.42 Å². The van der Waals surface area contributed by atoms with Crippen molar-refractivity contribution in [2.75, 3.05) is 11.4 Å². The Hall–Kier alpha value is -2.33.